The Morgan fingerprint density at radius 3 is 2.21 bits per heavy atom. The van der Waals surface area contributed by atoms with E-state index in [-0.39, 0.29) is 29.3 Å². The van der Waals surface area contributed by atoms with Crippen LogP contribution in [0.2, 0.25) is 0 Å². The molecule has 0 aliphatic carbocycles. The number of nitrogens with two attached hydrogens (primary N) is 1. The first kappa shape index (κ1) is 28.2. The molecule has 0 saturated carbocycles. The third-order valence-electron chi connectivity index (χ3n) is 5.54. The summed E-state index contributed by atoms with van der Waals surface area (Å²) in [6.45, 7) is 5.43. The molecule has 9 heteroatoms. The molecule has 0 radical (unpaired) electrons. The maximum absolute atomic E-state index is 13.3. The highest BCUT2D eigenvalue weighted by Crippen LogP contribution is 2.29. The lowest BCUT2D eigenvalue weighted by molar-refractivity contribution is 0.00663. The van der Waals surface area contributed by atoms with Crippen molar-refractivity contribution in [3.05, 3.63) is 82.9 Å². The van der Waals surface area contributed by atoms with Crippen molar-refractivity contribution in [1.82, 2.24) is 0 Å². The van der Waals surface area contributed by atoms with Crippen molar-refractivity contribution < 1.29 is 23.9 Å². The van der Waals surface area contributed by atoms with Crippen molar-refractivity contribution in [3.63, 3.8) is 0 Å². The Bertz CT molecular complexity index is 1350. The molecule has 200 valence electrons. The van der Waals surface area contributed by atoms with Crippen LogP contribution in [0.25, 0.3) is 0 Å². The number of para-hydroxylation sites is 1. The van der Waals surface area contributed by atoms with Crippen molar-refractivity contribution in [2.45, 2.75) is 32.9 Å². The average molecular weight is 519 g/mol. The van der Waals surface area contributed by atoms with Crippen LogP contribution in [0.15, 0.2) is 60.7 Å². The first-order chi connectivity index (χ1) is 17.9. The molecule has 0 fully saturated rings. The van der Waals surface area contributed by atoms with Crippen LogP contribution in [-0.4, -0.2) is 44.6 Å². The van der Waals surface area contributed by atoms with Gasteiger partial charge in [-0.25, -0.2) is 4.79 Å². The van der Waals surface area contributed by atoms with E-state index in [1.165, 1.54) is 13.2 Å². The summed E-state index contributed by atoms with van der Waals surface area (Å²) in [6, 6.07) is 17.0. The molecule has 0 heterocycles. The Morgan fingerprint density at radius 2 is 1.58 bits per heavy atom. The Hall–Kier alpha value is -4.37. The summed E-state index contributed by atoms with van der Waals surface area (Å²) >= 11 is 0. The van der Waals surface area contributed by atoms with Crippen molar-refractivity contribution in [2.75, 3.05) is 36.7 Å². The van der Waals surface area contributed by atoms with E-state index in [2.05, 4.69) is 10.6 Å². The van der Waals surface area contributed by atoms with Gasteiger partial charge in [-0.05, 0) is 68.8 Å². The van der Waals surface area contributed by atoms with Gasteiger partial charge in [-0.3, -0.25) is 9.59 Å². The van der Waals surface area contributed by atoms with E-state index in [0.717, 1.165) is 5.69 Å². The van der Waals surface area contributed by atoms with Gasteiger partial charge >= 0.3 is 5.97 Å². The summed E-state index contributed by atoms with van der Waals surface area (Å²) in [5, 5.41) is 5.70. The molecule has 0 spiro atoms. The second kappa shape index (κ2) is 11.8. The number of anilines is 3. The zero-order chi connectivity index (χ0) is 28.0. The summed E-state index contributed by atoms with van der Waals surface area (Å²) in [5.74, 6) is -1.31. The second-order valence-corrected chi connectivity index (χ2v) is 9.82. The number of nitrogens with one attached hydrogen (secondary N) is 2. The SMILES string of the molecule is COc1c(C(=O)Nc2cc(NC(=O)c3cccc(N(C)C)c3)ccc2CN)cccc1C(=O)OC(C)(C)C. The minimum absolute atomic E-state index is 0.0961. The van der Waals surface area contributed by atoms with Gasteiger partial charge in [0.1, 0.15) is 16.9 Å². The molecule has 0 aliphatic rings. The van der Waals surface area contributed by atoms with Crippen LogP contribution in [0.1, 0.15) is 57.4 Å². The zero-order valence-electron chi connectivity index (χ0n) is 22.5. The molecule has 0 unspecified atom stereocenters. The van der Waals surface area contributed by atoms with Crippen molar-refractivity contribution in [3.8, 4) is 5.75 Å². The quantitative estimate of drug-likeness (QED) is 0.370. The van der Waals surface area contributed by atoms with Gasteiger partial charge in [0.25, 0.3) is 11.8 Å². The van der Waals surface area contributed by atoms with Crippen LogP contribution >= 0.6 is 0 Å². The van der Waals surface area contributed by atoms with E-state index in [1.807, 2.05) is 31.1 Å². The molecular formula is C29H34N4O5. The van der Waals surface area contributed by atoms with Crippen molar-refractivity contribution in [1.29, 1.82) is 0 Å². The van der Waals surface area contributed by atoms with E-state index in [9.17, 15) is 14.4 Å². The van der Waals surface area contributed by atoms with E-state index in [0.29, 0.717) is 22.5 Å². The molecule has 3 rings (SSSR count). The summed E-state index contributed by atoms with van der Waals surface area (Å²) in [7, 11) is 5.18. The van der Waals surface area contributed by atoms with Gasteiger partial charge in [0.2, 0.25) is 0 Å². The van der Waals surface area contributed by atoms with Gasteiger partial charge in [-0.15, -0.1) is 0 Å². The number of nitrogens with zero attached hydrogens (tertiary/aromatic N) is 1. The van der Waals surface area contributed by atoms with E-state index in [1.54, 1.807) is 63.2 Å². The number of methoxy groups -OCH3 is 1. The van der Waals surface area contributed by atoms with Crippen molar-refractivity contribution in [2.24, 2.45) is 5.73 Å². The summed E-state index contributed by atoms with van der Waals surface area (Å²) in [4.78, 5) is 40.8. The third-order valence-corrected chi connectivity index (χ3v) is 5.54. The zero-order valence-corrected chi connectivity index (χ0v) is 22.5. The van der Waals surface area contributed by atoms with Crippen LogP contribution in [0, 0.1) is 0 Å². The number of carbonyl (C=O) groups excluding carboxylic acids is 3. The van der Waals surface area contributed by atoms with Gasteiger partial charge in [-0.1, -0.05) is 18.2 Å². The summed E-state index contributed by atoms with van der Waals surface area (Å²) < 4.78 is 10.9. The second-order valence-electron chi connectivity index (χ2n) is 9.82. The average Bonchev–Trinajstić information content (AvgIpc) is 2.87. The number of carbonyl (C=O) groups is 3. The minimum atomic E-state index is -0.713. The van der Waals surface area contributed by atoms with E-state index < -0.39 is 17.5 Å². The maximum atomic E-state index is 13.3. The fourth-order valence-corrected chi connectivity index (χ4v) is 3.70. The number of rotatable bonds is 8. The highest BCUT2D eigenvalue weighted by Gasteiger charge is 2.25. The van der Waals surface area contributed by atoms with Crippen LogP contribution in [-0.2, 0) is 11.3 Å². The highest BCUT2D eigenvalue weighted by atomic mass is 16.6. The monoisotopic (exact) mass is 518 g/mol. The molecule has 0 bridgehead atoms. The molecule has 0 aromatic heterocycles. The lowest BCUT2D eigenvalue weighted by Crippen LogP contribution is -2.25. The van der Waals surface area contributed by atoms with Crippen LogP contribution in [0.3, 0.4) is 0 Å². The number of hydrogen-bond acceptors (Lipinski definition) is 7. The highest BCUT2D eigenvalue weighted by molar-refractivity contribution is 6.10. The number of amides is 2. The van der Waals surface area contributed by atoms with Gasteiger partial charge in [0, 0.05) is 43.3 Å². The first-order valence-corrected chi connectivity index (χ1v) is 12.1. The molecule has 0 saturated heterocycles. The third kappa shape index (κ3) is 6.89. The molecule has 9 nitrogen and oxygen atoms in total. The lowest BCUT2D eigenvalue weighted by atomic mass is 10.1. The van der Waals surface area contributed by atoms with Gasteiger partial charge < -0.3 is 30.7 Å². The standard InChI is InChI=1S/C29H34N4O5/c1-29(2,3)38-28(36)23-12-8-11-22(25(23)37-6)27(35)32-24-16-20(14-13-19(24)17-30)31-26(34)18-9-7-10-21(15-18)33(4)5/h7-16H,17,30H2,1-6H3,(H,31,34)(H,32,35). The fourth-order valence-electron chi connectivity index (χ4n) is 3.70. The predicted molar refractivity (Wildman–Crippen MR) is 149 cm³/mol. The number of hydrogen-bond donors (Lipinski definition) is 3. The molecule has 38 heavy (non-hydrogen) atoms. The van der Waals surface area contributed by atoms with Crippen molar-refractivity contribution >= 4 is 34.8 Å². The maximum Gasteiger partial charge on any atom is 0.342 e. The molecule has 3 aromatic rings. The Balaban J connectivity index is 1.87. The molecule has 4 N–H and O–H groups in total. The topological polar surface area (TPSA) is 123 Å². The van der Waals surface area contributed by atoms with Gasteiger partial charge in [0.15, 0.2) is 0 Å². The molecule has 0 atom stereocenters. The Kier molecular flexibility index (Phi) is 8.75. The Morgan fingerprint density at radius 1 is 0.895 bits per heavy atom. The van der Waals surface area contributed by atoms with E-state index >= 15 is 0 Å². The molecule has 3 aromatic carbocycles. The minimum Gasteiger partial charge on any atom is -0.495 e. The lowest BCUT2D eigenvalue weighted by Gasteiger charge is -2.21. The smallest absolute Gasteiger partial charge is 0.342 e. The van der Waals surface area contributed by atoms with Gasteiger partial charge in [0.05, 0.1) is 12.7 Å². The molecular weight excluding hydrogens is 484 g/mol. The Labute approximate surface area is 222 Å². The van der Waals surface area contributed by atoms with Crippen LogP contribution in [0.4, 0.5) is 17.1 Å². The number of ether oxygens (including phenoxy) is 2. The normalized spacial score (nSPS) is 10.9. The molecule has 2 amide bonds. The van der Waals surface area contributed by atoms with Crippen LogP contribution in [0.5, 0.6) is 5.75 Å². The summed E-state index contributed by atoms with van der Waals surface area (Å²) in [5.41, 5.74) is 8.42. The number of esters is 1. The van der Waals surface area contributed by atoms with E-state index in [4.69, 9.17) is 15.2 Å². The predicted octanol–water partition coefficient (Wildman–Crippen LogP) is 4.68. The largest absolute Gasteiger partial charge is 0.495 e. The first-order valence-electron chi connectivity index (χ1n) is 12.1. The van der Waals surface area contributed by atoms with Crippen LogP contribution < -0.4 is 26.0 Å². The molecule has 0 aliphatic heterocycles. The fraction of sp³-hybridized carbons (Fsp3) is 0.276. The number of benzene rings is 3. The van der Waals surface area contributed by atoms with Gasteiger partial charge in [-0.2, -0.15) is 0 Å². The summed E-state index contributed by atoms with van der Waals surface area (Å²) in [6.07, 6.45) is 0.